The van der Waals surface area contributed by atoms with Gasteiger partial charge in [0.15, 0.2) is 0 Å². The molecule has 0 fully saturated rings. The van der Waals surface area contributed by atoms with Crippen LogP contribution in [0.4, 0.5) is 0 Å². The molecular formula is C9H17N5OS. The lowest BCUT2D eigenvalue weighted by molar-refractivity contribution is -0.120. The van der Waals surface area contributed by atoms with Crippen molar-refractivity contribution in [1.29, 1.82) is 0 Å². The monoisotopic (exact) mass is 243 g/mol. The molecule has 6 nitrogen and oxygen atoms in total. The molecule has 7 heteroatoms. The lowest BCUT2D eigenvalue weighted by Gasteiger charge is -2.13. The van der Waals surface area contributed by atoms with Crippen molar-refractivity contribution in [3.05, 3.63) is 0 Å². The van der Waals surface area contributed by atoms with Crippen molar-refractivity contribution in [3.63, 3.8) is 0 Å². The number of hydrogen-bond donors (Lipinski definition) is 1. The Balaban J connectivity index is 2.57. The summed E-state index contributed by atoms with van der Waals surface area (Å²) in [5, 5.41) is 14.6. The molecule has 1 amide bonds. The Morgan fingerprint density at radius 1 is 1.50 bits per heavy atom. The summed E-state index contributed by atoms with van der Waals surface area (Å²) >= 11 is 1.37. The number of thioether (sulfide) groups is 1. The van der Waals surface area contributed by atoms with Crippen LogP contribution in [0.15, 0.2) is 5.16 Å². The molecule has 1 heterocycles. The molecule has 1 rings (SSSR count). The van der Waals surface area contributed by atoms with Crippen molar-refractivity contribution in [1.82, 2.24) is 25.5 Å². The molecule has 0 aliphatic rings. The fourth-order valence-electron chi connectivity index (χ4n) is 1.09. The van der Waals surface area contributed by atoms with Gasteiger partial charge in [-0.05, 0) is 38.1 Å². The summed E-state index contributed by atoms with van der Waals surface area (Å²) in [4.78, 5) is 11.7. The van der Waals surface area contributed by atoms with Crippen LogP contribution >= 0.6 is 11.8 Å². The normalized spacial score (nSPS) is 12.8. The van der Waals surface area contributed by atoms with Gasteiger partial charge in [-0.3, -0.25) is 4.79 Å². The predicted octanol–water partition coefficient (Wildman–Crippen LogP) is 0.698. The molecule has 0 radical (unpaired) electrons. The van der Waals surface area contributed by atoms with Gasteiger partial charge >= 0.3 is 0 Å². The second-order valence-corrected chi connectivity index (χ2v) is 5.01. The summed E-state index contributed by atoms with van der Waals surface area (Å²) in [5.74, 6) is 0.00523. The first-order valence-corrected chi connectivity index (χ1v) is 6.15. The van der Waals surface area contributed by atoms with Gasteiger partial charge in [-0.1, -0.05) is 11.8 Å². The fourth-order valence-corrected chi connectivity index (χ4v) is 1.96. The number of nitrogens with zero attached hydrogens (tertiary/aromatic N) is 4. The van der Waals surface area contributed by atoms with Crippen LogP contribution in [0.1, 0.15) is 27.7 Å². The molecule has 0 aliphatic heterocycles. The zero-order chi connectivity index (χ0) is 12.1. The van der Waals surface area contributed by atoms with Gasteiger partial charge < -0.3 is 5.32 Å². The number of amides is 1. The van der Waals surface area contributed by atoms with E-state index in [1.165, 1.54) is 11.8 Å². The van der Waals surface area contributed by atoms with Crippen LogP contribution in [-0.4, -0.2) is 37.4 Å². The van der Waals surface area contributed by atoms with Crippen LogP contribution in [-0.2, 0) is 11.3 Å². The third-order valence-electron chi connectivity index (χ3n) is 1.88. The molecule has 1 atom stereocenters. The van der Waals surface area contributed by atoms with Gasteiger partial charge in [0, 0.05) is 12.6 Å². The Morgan fingerprint density at radius 3 is 2.75 bits per heavy atom. The van der Waals surface area contributed by atoms with E-state index in [1.807, 2.05) is 27.7 Å². The first-order valence-electron chi connectivity index (χ1n) is 5.27. The van der Waals surface area contributed by atoms with Gasteiger partial charge in [0.1, 0.15) is 0 Å². The number of hydrogen-bond acceptors (Lipinski definition) is 5. The van der Waals surface area contributed by atoms with E-state index in [0.717, 1.165) is 0 Å². The zero-order valence-corrected chi connectivity index (χ0v) is 10.8. The highest BCUT2D eigenvalue weighted by molar-refractivity contribution is 8.00. The number of aryl methyl sites for hydroxylation is 1. The average molecular weight is 243 g/mol. The molecule has 16 heavy (non-hydrogen) atoms. The smallest absolute Gasteiger partial charge is 0.233 e. The molecule has 0 aromatic carbocycles. The van der Waals surface area contributed by atoms with Crippen LogP contribution in [0.25, 0.3) is 0 Å². The molecule has 0 saturated heterocycles. The first-order chi connectivity index (χ1) is 7.54. The minimum atomic E-state index is -0.196. The van der Waals surface area contributed by atoms with Gasteiger partial charge in [-0.15, -0.1) is 5.10 Å². The third-order valence-corrected chi connectivity index (χ3v) is 2.95. The SMILES string of the molecule is CCn1nnnc1S[C@@H](C)C(=O)NC(C)C. The average Bonchev–Trinajstić information content (AvgIpc) is 2.64. The van der Waals surface area contributed by atoms with E-state index in [-0.39, 0.29) is 17.2 Å². The zero-order valence-electron chi connectivity index (χ0n) is 9.97. The van der Waals surface area contributed by atoms with Gasteiger partial charge in [0.25, 0.3) is 0 Å². The van der Waals surface area contributed by atoms with Crippen LogP contribution < -0.4 is 5.32 Å². The maximum Gasteiger partial charge on any atom is 0.233 e. The molecule has 0 bridgehead atoms. The van der Waals surface area contributed by atoms with Crippen LogP contribution in [0.2, 0.25) is 0 Å². The van der Waals surface area contributed by atoms with Gasteiger partial charge in [-0.2, -0.15) is 0 Å². The lowest BCUT2D eigenvalue weighted by atomic mass is 10.3. The molecule has 0 saturated carbocycles. The Hall–Kier alpha value is -1.11. The minimum absolute atomic E-state index is 0.00523. The van der Waals surface area contributed by atoms with Crippen molar-refractivity contribution >= 4 is 17.7 Å². The molecule has 0 unspecified atom stereocenters. The Labute approximate surface area is 99.2 Å². The van der Waals surface area contributed by atoms with E-state index >= 15 is 0 Å². The molecule has 1 aromatic rings. The molecule has 90 valence electrons. The fraction of sp³-hybridized carbons (Fsp3) is 0.778. The predicted molar refractivity (Wildman–Crippen MR) is 62.1 cm³/mol. The van der Waals surface area contributed by atoms with Crippen LogP contribution in [0.5, 0.6) is 0 Å². The van der Waals surface area contributed by atoms with E-state index in [4.69, 9.17) is 0 Å². The Morgan fingerprint density at radius 2 is 2.19 bits per heavy atom. The van der Waals surface area contributed by atoms with Crippen LogP contribution in [0, 0.1) is 0 Å². The summed E-state index contributed by atoms with van der Waals surface area (Å²) in [6, 6.07) is 0.151. The highest BCUT2D eigenvalue weighted by Gasteiger charge is 2.18. The second-order valence-electron chi connectivity index (χ2n) is 3.70. The standard InChI is InChI=1S/C9H17N5OS/c1-5-14-9(11-12-13-14)16-7(4)8(15)10-6(2)3/h6-7H,5H2,1-4H3,(H,10,15)/t7-/m0/s1. The molecular weight excluding hydrogens is 226 g/mol. The van der Waals surface area contributed by atoms with E-state index in [2.05, 4.69) is 20.8 Å². The largest absolute Gasteiger partial charge is 0.353 e. The second kappa shape index (κ2) is 5.83. The van der Waals surface area contributed by atoms with E-state index in [9.17, 15) is 4.79 Å². The summed E-state index contributed by atoms with van der Waals surface area (Å²) < 4.78 is 1.67. The molecule has 0 aliphatic carbocycles. The molecule has 1 aromatic heterocycles. The van der Waals surface area contributed by atoms with E-state index < -0.39 is 0 Å². The topological polar surface area (TPSA) is 72.7 Å². The molecule has 1 N–H and O–H groups in total. The van der Waals surface area contributed by atoms with Gasteiger partial charge in [0.05, 0.1) is 5.25 Å². The van der Waals surface area contributed by atoms with Gasteiger partial charge in [-0.25, -0.2) is 4.68 Å². The minimum Gasteiger partial charge on any atom is -0.353 e. The highest BCUT2D eigenvalue weighted by atomic mass is 32.2. The first kappa shape index (κ1) is 13.0. The maximum atomic E-state index is 11.7. The Bertz CT molecular complexity index is 351. The number of tetrazole rings is 1. The lowest BCUT2D eigenvalue weighted by Crippen LogP contribution is -2.36. The van der Waals surface area contributed by atoms with Crippen molar-refractivity contribution in [2.24, 2.45) is 0 Å². The van der Waals surface area contributed by atoms with E-state index in [0.29, 0.717) is 11.7 Å². The van der Waals surface area contributed by atoms with Crippen LogP contribution in [0.3, 0.4) is 0 Å². The number of carbonyl (C=O) groups excluding carboxylic acids is 1. The summed E-state index contributed by atoms with van der Waals surface area (Å²) in [5.41, 5.74) is 0. The van der Waals surface area contributed by atoms with E-state index in [1.54, 1.807) is 4.68 Å². The highest BCUT2D eigenvalue weighted by Crippen LogP contribution is 2.19. The number of carbonyl (C=O) groups is 1. The van der Waals surface area contributed by atoms with Crippen molar-refractivity contribution in [2.45, 2.75) is 50.7 Å². The van der Waals surface area contributed by atoms with Crippen molar-refractivity contribution < 1.29 is 4.79 Å². The number of rotatable bonds is 5. The molecule has 0 spiro atoms. The third kappa shape index (κ3) is 3.48. The quantitative estimate of drug-likeness (QED) is 0.771. The summed E-state index contributed by atoms with van der Waals surface area (Å²) in [6.45, 7) is 8.38. The maximum absolute atomic E-state index is 11.7. The number of nitrogens with one attached hydrogen (secondary N) is 1. The van der Waals surface area contributed by atoms with Crippen molar-refractivity contribution in [2.75, 3.05) is 0 Å². The van der Waals surface area contributed by atoms with Gasteiger partial charge in [0.2, 0.25) is 11.1 Å². The summed E-state index contributed by atoms with van der Waals surface area (Å²) in [6.07, 6.45) is 0. The Kier molecular flexibility index (Phi) is 4.72. The summed E-state index contributed by atoms with van der Waals surface area (Å²) in [7, 11) is 0. The van der Waals surface area contributed by atoms with Crippen molar-refractivity contribution in [3.8, 4) is 0 Å². The number of aromatic nitrogens is 4.